The molecule has 164 valence electrons. The van der Waals surface area contributed by atoms with Crippen LogP contribution < -0.4 is 16.8 Å². The van der Waals surface area contributed by atoms with Crippen molar-refractivity contribution >= 4 is 39.6 Å². The van der Waals surface area contributed by atoms with Crippen LogP contribution in [0.2, 0.25) is 0 Å². The lowest BCUT2D eigenvalue weighted by Gasteiger charge is -2.38. The summed E-state index contributed by atoms with van der Waals surface area (Å²) in [5.41, 5.74) is 15.5. The Bertz CT molecular complexity index is 1370. The van der Waals surface area contributed by atoms with Crippen molar-refractivity contribution < 1.29 is 9.59 Å². The number of aromatic amines is 1. The van der Waals surface area contributed by atoms with Crippen molar-refractivity contribution in [2.75, 3.05) is 18.8 Å². The molecule has 1 fully saturated rings. The molecule has 0 unspecified atom stereocenters. The fourth-order valence-electron chi connectivity index (χ4n) is 3.94. The Kier molecular flexibility index (Phi) is 4.55. The quantitative estimate of drug-likeness (QED) is 0.338. The van der Waals surface area contributed by atoms with Gasteiger partial charge in [-0.05, 0) is 25.1 Å². The minimum Gasteiger partial charge on any atom is -0.399 e. The molecule has 1 aliphatic heterocycles. The zero-order valence-electron chi connectivity index (χ0n) is 17.7. The predicted molar refractivity (Wildman–Crippen MR) is 119 cm³/mol. The number of anilines is 1. The summed E-state index contributed by atoms with van der Waals surface area (Å²) < 4.78 is 1.73. The second-order valence-electron chi connectivity index (χ2n) is 8.10. The highest BCUT2D eigenvalue weighted by molar-refractivity contribution is 6.06. The number of fused-ring (bicyclic) bond motifs is 2. The van der Waals surface area contributed by atoms with Crippen LogP contribution in [0.5, 0.6) is 0 Å². The lowest BCUT2D eigenvalue weighted by Crippen LogP contribution is -2.61. The highest BCUT2D eigenvalue weighted by atomic mass is 16.2. The van der Waals surface area contributed by atoms with Crippen LogP contribution in [0.25, 0.3) is 33.5 Å². The first-order chi connectivity index (χ1) is 15.3. The highest BCUT2D eigenvalue weighted by Gasteiger charge is 2.31. The van der Waals surface area contributed by atoms with Gasteiger partial charge in [0.05, 0.1) is 17.3 Å². The number of hydrogen-bond donors (Lipinski definition) is 4. The zero-order valence-corrected chi connectivity index (χ0v) is 17.7. The molecule has 1 atom stereocenters. The maximum Gasteiger partial charge on any atom is 0.255 e. The predicted octanol–water partition coefficient (Wildman–Crippen LogP) is 0.382. The molecule has 1 aliphatic rings. The highest BCUT2D eigenvalue weighted by Crippen LogP contribution is 2.28. The molecular weight excluding hydrogens is 410 g/mol. The lowest BCUT2D eigenvalue weighted by atomic mass is 10.1. The zero-order chi connectivity index (χ0) is 22.6. The summed E-state index contributed by atoms with van der Waals surface area (Å²) in [5, 5.41) is 8.19. The molecule has 6 N–H and O–H groups in total. The molecule has 0 radical (unpaired) electrons. The Morgan fingerprint density at radius 3 is 2.84 bits per heavy atom. The summed E-state index contributed by atoms with van der Waals surface area (Å²) in [4.78, 5) is 39.0. The van der Waals surface area contributed by atoms with Crippen LogP contribution in [-0.4, -0.2) is 66.6 Å². The van der Waals surface area contributed by atoms with E-state index in [9.17, 15) is 9.59 Å². The molecule has 4 aromatic rings. The minimum atomic E-state index is -0.679. The van der Waals surface area contributed by atoms with Crippen molar-refractivity contribution in [3.05, 3.63) is 36.2 Å². The van der Waals surface area contributed by atoms with E-state index >= 15 is 0 Å². The molecule has 1 saturated heterocycles. The van der Waals surface area contributed by atoms with Crippen LogP contribution in [0.15, 0.2) is 30.6 Å². The average Bonchev–Trinajstić information content (AvgIpc) is 3.31. The molecule has 0 saturated carbocycles. The first-order valence-electron chi connectivity index (χ1n) is 10.2. The van der Waals surface area contributed by atoms with Gasteiger partial charge in [-0.2, -0.15) is 5.10 Å². The monoisotopic (exact) mass is 433 g/mol. The number of carbonyl (C=O) groups is 2. The van der Waals surface area contributed by atoms with Crippen LogP contribution in [0.4, 0.5) is 5.69 Å². The van der Waals surface area contributed by atoms with Crippen LogP contribution in [-0.2, 0) is 11.8 Å². The number of rotatable bonds is 4. The van der Waals surface area contributed by atoms with E-state index in [0.717, 1.165) is 10.9 Å². The Labute approximate surface area is 182 Å². The number of nitrogens with one attached hydrogen (secondary N) is 2. The summed E-state index contributed by atoms with van der Waals surface area (Å²) in [6, 6.07) is 4.86. The number of aryl methyl sites for hydroxylation is 1. The van der Waals surface area contributed by atoms with Gasteiger partial charge >= 0.3 is 0 Å². The smallest absolute Gasteiger partial charge is 0.255 e. The van der Waals surface area contributed by atoms with E-state index in [0.29, 0.717) is 46.9 Å². The van der Waals surface area contributed by atoms with Crippen molar-refractivity contribution in [2.24, 2.45) is 12.8 Å². The number of nitrogens with zero attached hydrogens (tertiary/aromatic N) is 5. The summed E-state index contributed by atoms with van der Waals surface area (Å²) >= 11 is 0. The molecule has 3 aromatic heterocycles. The first kappa shape index (κ1) is 19.9. The largest absolute Gasteiger partial charge is 0.399 e. The number of carbonyl (C=O) groups excluding carboxylic acids is 2. The Morgan fingerprint density at radius 1 is 1.31 bits per heavy atom. The second-order valence-corrected chi connectivity index (χ2v) is 8.10. The number of nitrogens with two attached hydrogens (primary N) is 2. The standard InChI is InChI=1S/C21H23N9O2/c1-10(21(32)30-8-12(23)9-30)26-20(31)14-6-24-19-18(14)27-15(7-25-19)17-13-4-3-11(22)5-16(13)29(2)28-17/h3-7,10,12H,8-9,22-23H2,1-2H3,(H,24,25)(H,26,31)/t10-/m1/s1. The topological polar surface area (TPSA) is 161 Å². The normalized spacial score (nSPS) is 15.2. The Hall–Kier alpha value is -3.99. The van der Waals surface area contributed by atoms with Gasteiger partial charge in [0.25, 0.3) is 5.91 Å². The SMILES string of the molecule is C[C@@H](NC(=O)c1c[nH]c2ncc(-c3nn(C)c4cc(N)ccc34)nc12)C(=O)N1CC(N)C1. The second kappa shape index (κ2) is 7.31. The number of nitrogen functional groups attached to an aromatic ring is 1. The van der Waals surface area contributed by atoms with Gasteiger partial charge in [-0.25, -0.2) is 9.97 Å². The Balaban J connectivity index is 1.46. The number of benzene rings is 1. The number of H-pyrrole nitrogens is 1. The van der Waals surface area contributed by atoms with Gasteiger partial charge in [0.1, 0.15) is 22.9 Å². The lowest BCUT2D eigenvalue weighted by molar-refractivity contribution is -0.137. The van der Waals surface area contributed by atoms with Gasteiger partial charge in [0, 0.05) is 43.4 Å². The molecule has 11 heteroatoms. The van der Waals surface area contributed by atoms with E-state index in [-0.39, 0.29) is 11.9 Å². The summed E-state index contributed by atoms with van der Waals surface area (Å²) in [6.07, 6.45) is 3.15. The van der Waals surface area contributed by atoms with Gasteiger partial charge in [-0.15, -0.1) is 0 Å². The average molecular weight is 433 g/mol. The van der Waals surface area contributed by atoms with Crippen LogP contribution in [0.1, 0.15) is 17.3 Å². The maximum absolute atomic E-state index is 12.9. The van der Waals surface area contributed by atoms with Crippen molar-refractivity contribution in [1.82, 2.24) is 34.9 Å². The van der Waals surface area contributed by atoms with E-state index in [1.165, 1.54) is 6.20 Å². The van der Waals surface area contributed by atoms with Crippen molar-refractivity contribution in [2.45, 2.75) is 19.0 Å². The summed E-state index contributed by atoms with van der Waals surface area (Å²) in [5.74, 6) is -0.571. The molecule has 0 spiro atoms. The van der Waals surface area contributed by atoms with Crippen LogP contribution in [0.3, 0.4) is 0 Å². The van der Waals surface area contributed by atoms with Crippen molar-refractivity contribution in [3.8, 4) is 11.4 Å². The molecule has 0 aliphatic carbocycles. The molecule has 2 amide bonds. The number of amides is 2. The van der Waals surface area contributed by atoms with E-state index in [2.05, 4.69) is 25.4 Å². The summed E-state index contributed by atoms with van der Waals surface area (Å²) in [7, 11) is 1.83. The minimum absolute atomic E-state index is 0.00304. The van der Waals surface area contributed by atoms with Gasteiger partial charge in [0.2, 0.25) is 5.91 Å². The Morgan fingerprint density at radius 2 is 2.09 bits per heavy atom. The van der Waals surface area contributed by atoms with Crippen LogP contribution >= 0.6 is 0 Å². The van der Waals surface area contributed by atoms with E-state index in [4.69, 9.17) is 11.5 Å². The molecular formula is C21H23N9O2. The van der Waals surface area contributed by atoms with Crippen molar-refractivity contribution in [1.29, 1.82) is 0 Å². The molecule has 1 aromatic carbocycles. The summed E-state index contributed by atoms with van der Waals surface area (Å²) in [6.45, 7) is 2.66. The number of likely N-dealkylation sites (tertiary alicyclic amines) is 1. The third kappa shape index (κ3) is 3.23. The molecule has 0 bridgehead atoms. The van der Waals surface area contributed by atoms with Gasteiger partial charge in [0.15, 0.2) is 5.65 Å². The first-order valence-corrected chi connectivity index (χ1v) is 10.2. The number of aromatic nitrogens is 5. The fraction of sp³-hybridized carbons (Fsp3) is 0.286. The fourth-order valence-corrected chi connectivity index (χ4v) is 3.94. The van der Waals surface area contributed by atoms with Gasteiger partial charge < -0.3 is 26.7 Å². The van der Waals surface area contributed by atoms with Crippen molar-refractivity contribution in [3.63, 3.8) is 0 Å². The number of hydrogen-bond acceptors (Lipinski definition) is 7. The third-order valence-electron chi connectivity index (χ3n) is 5.68. The molecule has 5 rings (SSSR count). The third-order valence-corrected chi connectivity index (χ3v) is 5.68. The van der Waals surface area contributed by atoms with Gasteiger partial charge in [-0.1, -0.05) is 0 Å². The van der Waals surface area contributed by atoms with E-state index < -0.39 is 11.9 Å². The van der Waals surface area contributed by atoms with E-state index in [1.54, 1.807) is 28.8 Å². The van der Waals surface area contributed by atoms with Crippen LogP contribution in [0, 0.1) is 0 Å². The maximum atomic E-state index is 12.9. The molecule has 11 nitrogen and oxygen atoms in total. The molecule has 4 heterocycles. The molecule has 32 heavy (non-hydrogen) atoms. The van der Waals surface area contributed by atoms with Gasteiger partial charge in [-0.3, -0.25) is 14.3 Å². The van der Waals surface area contributed by atoms with E-state index in [1.807, 2.05) is 19.2 Å².